The highest BCUT2D eigenvalue weighted by Gasteiger charge is 1.93. The molecule has 1 unspecified atom stereocenters. The molecule has 0 aromatic carbocycles. The molecule has 2 heteroatoms. The highest BCUT2D eigenvalue weighted by molar-refractivity contribution is 7.80. The number of rotatable bonds is 6. The van der Waals surface area contributed by atoms with Crippen molar-refractivity contribution < 1.29 is 0 Å². The third-order valence-corrected chi connectivity index (χ3v) is 1.70. The van der Waals surface area contributed by atoms with Crippen molar-refractivity contribution in [2.24, 2.45) is 4.99 Å². The maximum atomic E-state index is 4.28. The molecule has 0 N–H and O–H groups in total. The minimum atomic E-state index is 0.266. The van der Waals surface area contributed by atoms with Crippen LogP contribution in [0.25, 0.3) is 0 Å². The van der Waals surface area contributed by atoms with Crippen LogP contribution in [0, 0.1) is 0 Å². The van der Waals surface area contributed by atoms with Gasteiger partial charge in [0.25, 0.3) is 0 Å². The van der Waals surface area contributed by atoms with Gasteiger partial charge >= 0.3 is 0 Å². The number of thiol groups is 1. The Morgan fingerprint density at radius 1 is 1.46 bits per heavy atom. The fraction of sp³-hybridized carbons (Fsp3) is 0.364. The zero-order chi connectivity index (χ0) is 9.94. The van der Waals surface area contributed by atoms with Gasteiger partial charge in [-0.25, -0.2) is 0 Å². The van der Waals surface area contributed by atoms with E-state index in [1.54, 1.807) is 12.3 Å². The lowest BCUT2D eigenvalue weighted by atomic mass is 10.2. The first-order chi connectivity index (χ1) is 6.35. The number of hydrogen-bond donors (Lipinski definition) is 1. The van der Waals surface area contributed by atoms with Crippen LogP contribution in [-0.4, -0.2) is 18.0 Å². The van der Waals surface area contributed by atoms with Gasteiger partial charge < -0.3 is 0 Å². The Hall–Kier alpha value is -0.760. The van der Waals surface area contributed by atoms with Gasteiger partial charge in [0, 0.05) is 12.0 Å². The summed E-state index contributed by atoms with van der Waals surface area (Å²) in [5.41, 5.74) is 0. The molecule has 0 rings (SSSR count). The lowest BCUT2D eigenvalue weighted by Crippen LogP contribution is -1.96. The molecular formula is C11H17NS. The fourth-order valence-electron chi connectivity index (χ4n) is 0.794. The lowest BCUT2D eigenvalue weighted by molar-refractivity contribution is 0.788. The smallest absolute Gasteiger partial charge is 0.0680 e. The Morgan fingerprint density at radius 3 is 2.77 bits per heavy atom. The average Bonchev–Trinajstić information content (AvgIpc) is 2.17. The summed E-state index contributed by atoms with van der Waals surface area (Å²) in [6.07, 6.45) is 12.5. The van der Waals surface area contributed by atoms with Gasteiger partial charge in [-0.05, 0) is 6.42 Å². The first kappa shape index (κ1) is 12.2. The summed E-state index contributed by atoms with van der Waals surface area (Å²) in [4.78, 5) is 4.28. The SMILES string of the molecule is C=CC=NC(/C=C\C=C/CS)CC. The van der Waals surface area contributed by atoms with Crippen molar-refractivity contribution in [3.63, 3.8) is 0 Å². The molecule has 0 saturated heterocycles. The molecule has 0 bridgehead atoms. The molecule has 0 aliphatic carbocycles. The molecule has 0 aromatic heterocycles. The molecule has 72 valence electrons. The van der Waals surface area contributed by atoms with Gasteiger partial charge in [-0.15, -0.1) is 0 Å². The Kier molecular flexibility index (Phi) is 8.78. The Balaban J connectivity index is 3.96. The van der Waals surface area contributed by atoms with Crippen molar-refractivity contribution in [3.8, 4) is 0 Å². The van der Waals surface area contributed by atoms with Crippen LogP contribution in [0.1, 0.15) is 13.3 Å². The van der Waals surface area contributed by atoms with E-state index in [1.165, 1.54) is 0 Å². The van der Waals surface area contributed by atoms with Gasteiger partial charge in [-0.1, -0.05) is 43.9 Å². The molecule has 0 heterocycles. The maximum absolute atomic E-state index is 4.28. The van der Waals surface area contributed by atoms with Crippen molar-refractivity contribution in [1.29, 1.82) is 0 Å². The van der Waals surface area contributed by atoms with Crippen LogP contribution in [-0.2, 0) is 0 Å². The van der Waals surface area contributed by atoms with E-state index in [-0.39, 0.29) is 6.04 Å². The van der Waals surface area contributed by atoms with E-state index in [0.717, 1.165) is 12.2 Å². The van der Waals surface area contributed by atoms with Crippen molar-refractivity contribution >= 4 is 18.8 Å². The van der Waals surface area contributed by atoms with E-state index < -0.39 is 0 Å². The van der Waals surface area contributed by atoms with Gasteiger partial charge in [0.2, 0.25) is 0 Å². The van der Waals surface area contributed by atoms with E-state index >= 15 is 0 Å². The minimum Gasteiger partial charge on any atom is -0.286 e. The van der Waals surface area contributed by atoms with Gasteiger partial charge in [-0.3, -0.25) is 4.99 Å². The van der Waals surface area contributed by atoms with Crippen LogP contribution < -0.4 is 0 Å². The molecular weight excluding hydrogens is 178 g/mol. The maximum Gasteiger partial charge on any atom is 0.0680 e. The number of aliphatic imine (C=N–C) groups is 1. The zero-order valence-electron chi connectivity index (χ0n) is 8.06. The fourth-order valence-corrected chi connectivity index (χ4v) is 0.916. The normalized spacial score (nSPS) is 14.6. The second kappa shape index (κ2) is 9.33. The minimum absolute atomic E-state index is 0.266. The molecule has 13 heavy (non-hydrogen) atoms. The summed E-state index contributed by atoms with van der Waals surface area (Å²) < 4.78 is 0. The topological polar surface area (TPSA) is 12.4 Å². The largest absolute Gasteiger partial charge is 0.286 e. The van der Waals surface area contributed by atoms with E-state index in [9.17, 15) is 0 Å². The standard InChI is InChI=1S/C11H17NS/c1-3-9-12-11(4-2)8-6-5-7-10-13/h3,5-9,11,13H,1,4,10H2,2H3/b7-5-,8-6-,12-9?. The molecule has 0 aliphatic rings. The third-order valence-electron chi connectivity index (χ3n) is 1.49. The molecule has 0 fully saturated rings. The summed E-state index contributed by atoms with van der Waals surface area (Å²) in [7, 11) is 0. The van der Waals surface area contributed by atoms with Gasteiger partial charge in [0.05, 0.1) is 6.04 Å². The highest BCUT2D eigenvalue weighted by Crippen LogP contribution is 1.98. The molecule has 1 atom stereocenters. The molecule has 1 nitrogen and oxygen atoms in total. The summed E-state index contributed by atoms with van der Waals surface area (Å²) in [6.45, 7) is 5.69. The van der Waals surface area contributed by atoms with Gasteiger partial charge in [0.15, 0.2) is 0 Å². The summed E-state index contributed by atoms with van der Waals surface area (Å²) in [5.74, 6) is 0.775. The number of hydrogen-bond acceptors (Lipinski definition) is 2. The first-order valence-corrected chi connectivity index (χ1v) is 5.06. The van der Waals surface area contributed by atoms with Crippen molar-refractivity contribution in [2.45, 2.75) is 19.4 Å². The Labute approximate surface area is 86.4 Å². The van der Waals surface area contributed by atoms with Crippen molar-refractivity contribution in [3.05, 3.63) is 37.0 Å². The summed E-state index contributed by atoms with van der Waals surface area (Å²) >= 11 is 4.06. The predicted molar refractivity (Wildman–Crippen MR) is 64.9 cm³/mol. The first-order valence-electron chi connectivity index (χ1n) is 4.43. The zero-order valence-corrected chi connectivity index (χ0v) is 8.95. The molecule has 0 amide bonds. The van der Waals surface area contributed by atoms with E-state index in [0.29, 0.717) is 0 Å². The van der Waals surface area contributed by atoms with Gasteiger partial charge in [-0.2, -0.15) is 12.6 Å². The lowest BCUT2D eigenvalue weighted by Gasteiger charge is -2.00. The summed E-state index contributed by atoms with van der Waals surface area (Å²) in [6, 6.07) is 0.266. The van der Waals surface area contributed by atoms with Crippen LogP contribution in [0.4, 0.5) is 0 Å². The number of nitrogens with zero attached hydrogens (tertiary/aromatic N) is 1. The Morgan fingerprint density at radius 2 is 2.23 bits per heavy atom. The van der Waals surface area contributed by atoms with Crippen LogP contribution >= 0.6 is 12.6 Å². The second-order valence-electron chi connectivity index (χ2n) is 2.51. The van der Waals surface area contributed by atoms with Crippen LogP contribution in [0.3, 0.4) is 0 Å². The van der Waals surface area contributed by atoms with Crippen LogP contribution in [0.15, 0.2) is 42.0 Å². The third kappa shape index (κ3) is 7.60. The molecule has 0 spiro atoms. The van der Waals surface area contributed by atoms with Crippen molar-refractivity contribution in [1.82, 2.24) is 0 Å². The average molecular weight is 195 g/mol. The summed E-state index contributed by atoms with van der Waals surface area (Å²) in [5, 5.41) is 0. The molecule has 0 saturated carbocycles. The quantitative estimate of drug-likeness (QED) is 0.380. The second-order valence-corrected chi connectivity index (χ2v) is 2.87. The molecule has 0 aromatic rings. The molecule has 0 radical (unpaired) electrons. The highest BCUT2D eigenvalue weighted by atomic mass is 32.1. The van der Waals surface area contributed by atoms with Crippen LogP contribution in [0.2, 0.25) is 0 Å². The Bertz CT molecular complexity index is 204. The molecule has 0 aliphatic heterocycles. The van der Waals surface area contributed by atoms with E-state index in [4.69, 9.17) is 0 Å². The van der Waals surface area contributed by atoms with E-state index in [2.05, 4.69) is 37.2 Å². The van der Waals surface area contributed by atoms with E-state index in [1.807, 2.05) is 18.2 Å². The number of allylic oxidation sites excluding steroid dienone is 3. The van der Waals surface area contributed by atoms with Gasteiger partial charge in [0.1, 0.15) is 0 Å². The monoisotopic (exact) mass is 195 g/mol. The van der Waals surface area contributed by atoms with Crippen LogP contribution in [0.5, 0.6) is 0 Å². The van der Waals surface area contributed by atoms with Crippen molar-refractivity contribution in [2.75, 3.05) is 5.75 Å². The predicted octanol–water partition coefficient (Wildman–Crippen LogP) is 3.06.